The highest BCUT2D eigenvalue weighted by Gasteiger charge is 2.16. The monoisotopic (exact) mass is 388 g/mol. The van der Waals surface area contributed by atoms with Gasteiger partial charge in [-0.05, 0) is 46.5 Å². The molecule has 0 heterocycles. The molecule has 134 valence electrons. The zero-order valence-corrected chi connectivity index (χ0v) is 15.2. The number of hydrogen-bond donors (Lipinski definition) is 2. The first-order valence-electron chi connectivity index (χ1n) is 7.52. The minimum atomic E-state index is -3.91. The predicted octanol–water partition coefficient (Wildman–Crippen LogP) is 2.32. The molecule has 8 heteroatoms. The summed E-state index contributed by atoms with van der Waals surface area (Å²) in [5.74, 6) is 0. The summed E-state index contributed by atoms with van der Waals surface area (Å²) in [6, 6.07) is 19.8. The average molecular weight is 388 g/mol. The van der Waals surface area contributed by atoms with Gasteiger partial charge in [-0.15, -0.1) is 0 Å². The Kier molecular flexibility index (Phi) is 4.68. The summed E-state index contributed by atoms with van der Waals surface area (Å²) in [6.45, 7) is 0. The van der Waals surface area contributed by atoms with Crippen molar-refractivity contribution in [3.63, 3.8) is 0 Å². The molecule has 26 heavy (non-hydrogen) atoms. The van der Waals surface area contributed by atoms with Crippen molar-refractivity contribution in [2.75, 3.05) is 0 Å². The van der Waals surface area contributed by atoms with Gasteiger partial charge in [-0.1, -0.05) is 48.5 Å². The summed E-state index contributed by atoms with van der Waals surface area (Å²) in [4.78, 5) is -0.122. The maximum atomic E-state index is 11.8. The molecule has 0 aliphatic carbocycles. The third-order valence-electron chi connectivity index (χ3n) is 3.88. The second-order valence-corrected chi connectivity index (χ2v) is 8.81. The minimum Gasteiger partial charge on any atom is -0.225 e. The summed E-state index contributed by atoms with van der Waals surface area (Å²) >= 11 is 0. The zero-order chi connectivity index (χ0) is 18.9. The maximum absolute atomic E-state index is 11.8. The van der Waals surface area contributed by atoms with E-state index in [9.17, 15) is 16.8 Å². The van der Waals surface area contributed by atoms with E-state index in [1.165, 1.54) is 24.3 Å². The van der Waals surface area contributed by atoms with Gasteiger partial charge >= 0.3 is 0 Å². The van der Waals surface area contributed by atoms with Crippen LogP contribution >= 0.6 is 0 Å². The molecule has 0 aliphatic heterocycles. The quantitative estimate of drug-likeness (QED) is 0.712. The number of rotatable bonds is 4. The van der Waals surface area contributed by atoms with Crippen molar-refractivity contribution in [2.24, 2.45) is 10.3 Å². The first kappa shape index (κ1) is 18.3. The molecule has 0 radical (unpaired) electrons. The Labute approximate surface area is 152 Å². The van der Waals surface area contributed by atoms with Crippen LogP contribution < -0.4 is 10.3 Å². The average Bonchev–Trinajstić information content (AvgIpc) is 2.60. The second-order valence-electron chi connectivity index (χ2n) is 5.69. The van der Waals surface area contributed by atoms with Crippen molar-refractivity contribution in [1.29, 1.82) is 0 Å². The van der Waals surface area contributed by atoms with Crippen molar-refractivity contribution < 1.29 is 16.8 Å². The highest BCUT2D eigenvalue weighted by molar-refractivity contribution is 7.89. The largest absolute Gasteiger partial charge is 0.238 e. The first-order valence-corrected chi connectivity index (χ1v) is 10.6. The number of benzene rings is 3. The lowest BCUT2D eigenvalue weighted by Crippen LogP contribution is -2.13. The van der Waals surface area contributed by atoms with Crippen molar-refractivity contribution in [3.8, 4) is 22.3 Å². The number of sulfonamides is 2. The lowest BCUT2D eigenvalue weighted by Gasteiger charge is -2.13. The van der Waals surface area contributed by atoms with Crippen LogP contribution in [0.25, 0.3) is 22.3 Å². The van der Waals surface area contributed by atoms with E-state index in [2.05, 4.69) is 0 Å². The van der Waals surface area contributed by atoms with Gasteiger partial charge in [0.25, 0.3) is 0 Å². The van der Waals surface area contributed by atoms with Gasteiger partial charge in [-0.2, -0.15) is 0 Å². The molecule has 3 rings (SSSR count). The van der Waals surface area contributed by atoms with Crippen LogP contribution in [0.1, 0.15) is 0 Å². The molecule has 0 atom stereocenters. The van der Waals surface area contributed by atoms with Gasteiger partial charge in [0.05, 0.1) is 9.79 Å². The molecule has 3 aromatic carbocycles. The SMILES string of the molecule is NS(=O)(=O)c1cccc(-c2cc(S(N)(=O)=O)ccc2-c2ccccc2)c1. The van der Waals surface area contributed by atoms with Crippen LogP contribution in [-0.2, 0) is 20.0 Å². The molecule has 0 saturated heterocycles. The van der Waals surface area contributed by atoms with E-state index in [0.717, 1.165) is 11.1 Å². The molecule has 0 amide bonds. The van der Waals surface area contributed by atoms with Gasteiger partial charge in [0.2, 0.25) is 20.0 Å². The molecule has 4 N–H and O–H groups in total. The highest BCUT2D eigenvalue weighted by atomic mass is 32.2. The Hall–Kier alpha value is -2.52. The normalized spacial score (nSPS) is 12.1. The van der Waals surface area contributed by atoms with Crippen LogP contribution in [0.5, 0.6) is 0 Å². The van der Waals surface area contributed by atoms with Gasteiger partial charge < -0.3 is 0 Å². The molecule has 6 nitrogen and oxygen atoms in total. The molecule has 0 aromatic heterocycles. The second kappa shape index (κ2) is 6.65. The summed E-state index contributed by atoms with van der Waals surface area (Å²) in [5.41, 5.74) is 2.64. The zero-order valence-electron chi connectivity index (χ0n) is 13.5. The van der Waals surface area contributed by atoms with Gasteiger partial charge in [-0.25, -0.2) is 27.1 Å². The topological polar surface area (TPSA) is 120 Å². The fraction of sp³-hybridized carbons (Fsp3) is 0. The van der Waals surface area contributed by atoms with Crippen LogP contribution in [0.15, 0.2) is 82.6 Å². The minimum absolute atomic E-state index is 0.0602. The lowest BCUT2D eigenvalue weighted by molar-refractivity contribution is 0.596. The van der Waals surface area contributed by atoms with E-state index in [-0.39, 0.29) is 9.79 Å². The van der Waals surface area contributed by atoms with E-state index in [0.29, 0.717) is 11.1 Å². The summed E-state index contributed by atoms with van der Waals surface area (Å²) in [5, 5.41) is 10.5. The summed E-state index contributed by atoms with van der Waals surface area (Å²) in [7, 11) is -7.81. The number of nitrogens with two attached hydrogens (primary N) is 2. The van der Waals surface area contributed by atoms with Gasteiger partial charge in [0, 0.05) is 0 Å². The van der Waals surface area contributed by atoms with Crippen LogP contribution in [-0.4, -0.2) is 16.8 Å². The van der Waals surface area contributed by atoms with Gasteiger partial charge in [-0.3, -0.25) is 0 Å². The Morgan fingerprint density at radius 1 is 0.538 bits per heavy atom. The molecule has 0 fully saturated rings. The van der Waals surface area contributed by atoms with Crippen LogP contribution in [0.4, 0.5) is 0 Å². The lowest BCUT2D eigenvalue weighted by atomic mass is 9.95. The standard InChI is InChI=1S/C18H16N2O4S2/c19-25(21,22)15-8-4-7-14(11-15)18-12-16(26(20,23)24)9-10-17(18)13-5-2-1-3-6-13/h1-12H,(H2,19,21,22)(H2,20,23,24). The Morgan fingerprint density at radius 3 is 1.73 bits per heavy atom. The van der Waals surface area contributed by atoms with Gasteiger partial charge in [0.1, 0.15) is 0 Å². The smallest absolute Gasteiger partial charge is 0.225 e. The van der Waals surface area contributed by atoms with E-state index >= 15 is 0 Å². The summed E-state index contributed by atoms with van der Waals surface area (Å²) in [6.07, 6.45) is 0. The van der Waals surface area contributed by atoms with Crippen molar-refractivity contribution in [1.82, 2.24) is 0 Å². The molecular formula is C18H16N2O4S2. The van der Waals surface area contributed by atoms with Crippen molar-refractivity contribution in [3.05, 3.63) is 72.8 Å². The Balaban J connectivity index is 2.31. The van der Waals surface area contributed by atoms with Gasteiger partial charge in [0.15, 0.2) is 0 Å². The highest BCUT2D eigenvalue weighted by Crippen LogP contribution is 2.34. The molecule has 0 unspecified atom stereocenters. The van der Waals surface area contributed by atoms with Crippen LogP contribution in [0, 0.1) is 0 Å². The van der Waals surface area contributed by atoms with E-state index < -0.39 is 20.0 Å². The Bertz CT molecular complexity index is 1170. The first-order chi connectivity index (χ1) is 12.2. The van der Waals surface area contributed by atoms with Crippen molar-refractivity contribution >= 4 is 20.0 Å². The third kappa shape index (κ3) is 3.83. The van der Waals surface area contributed by atoms with Crippen LogP contribution in [0.2, 0.25) is 0 Å². The predicted molar refractivity (Wildman–Crippen MR) is 100 cm³/mol. The molecule has 0 saturated carbocycles. The fourth-order valence-corrected chi connectivity index (χ4v) is 3.75. The molecule has 0 spiro atoms. The van der Waals surface area contributed by atoms with Crippen molar-refractivity contribution in [2.45, 2.75) is 9.79 Å². The van der Waals surface area contributed by atoms with Crippen LogP contribution in [0.3, 0.4) is 0 Å². The number of primary sulfonamides is 2. The van der Waals surface area contributed by atoms with E-state index in [1.54, 1.807) is 18.2 Å². The summed E-state index contributed by atoms with van der Waals surface area (Å²) < 4.78 is 46.8. The number of hydrogen-bond acceptors (Lipinski definition) is 4. The Morgan fingerprint density at radius 2 is 1.12 bits per heavy atom. The molecule has 0 aliphatic rings. The third-order valence-corrected chi connectivity index (χ3v) is 5.70. The van der Waals surface area contributed by atoms with E-state index in [4.69, 9.17) is 10.3 Å². The maximum Gasteiger partial charge on any atom is 0.238 e. The molecule has 3 aromatic rings. The fourth-order valence-electron chi connectivity index (χ4n) is 2.65. The molecular weight excluding hydrogens is 372 g/mol. The van der Waals surface area contributed by atoms with E-state index in [1.807, 2.05) is 30.3 Å². The molecule has 0 bridgehead atoms.